The number of esters is 1. The van der Waals surface area contributed by atoms with Crippen LogP contribution in [0.25, 0.3) is 0 Å². The van der Waals surface area contributed by atoms with Gasteiger partial charge < -0.3 is 13.9 Å². The molecule has 2 unspecified atom stereocenters. The highest BCUT2D eigenvalue weighted by Gasteiger charge is 2.20. The van der Waals surface area contributed by atoms with E-state index >= 15 is 0 Å². The fourth-order valence-corrected chi connectivity index (χ4v) is 3.41. The molecule has 1 heterocycles. The Bertz CT molecular complexity index is 751. The molecule has 0 aliphatic heterocycles. The molecule has 0 radical (unpaired) electrons. The highest BCUT2D eigenvalue weighted by Crippen LogP contribution is 2.31. The van der Waals surface area contributed by atoms with E-state index in [-0.39, 0.29) is 12.0 Å². The van der Waals surface area contributed by atoms with Gasteiger partial charge in [0.25, 0.3) is 0 Å². The Morgan fingerprint density at radius 2 is 2.12 bits per heavy atom. The number of benzene rings is 1. The molecule has 2 aromatic rings. The molecule has 0 amide bonds. The summed E-state index contributed by atoms with van der Waals surface area (Å²) in [5, 5.41) is 0.517. The van der Waals surface area contributed by atoms with Crippen LogP contribution in [0.1, 0.15) is 38.6 Å². The van der Waals surface area contributed by atoms with E-state index in [4.69, 9.17) is 11.6 Å². The van der Waals surface area contributed by atoms with Crippen LogP contribution in [0, 0.1) is 0 Å². The first-order valence-corrected chi connectivity index (χ1v) is 9.63. The molecule has 2 rings (SSSR count). The first kappa shape index (κ1) is 20.4. The number of carbonyl (C=O) groups excluding carboxylic acids is 1. The first-order chi connectivity index (χ1) is 12.5. The van der Waals surface area contributed by atoms with Crippen molar-refractivity contribution >= 4 is 40.5 Å². The van der Waals surface area contributed by atoms with Crippen LogP contribution in [0.5, 0.6) is 0 Å². The van der Waals surface area contributed by atoms with E-state index in [2.05, 4.69) is 9.72 Å². The second-order valence-electron chi connectivity index (χ2n) is 5.65. The van der Waals surface area contributed by atoms with Gasteiger partial charge in [0, 0.05) is 29.9 Å². The van der Waals surface area contributed by atoms with Crippen molar-refractivity contribution in [1.29, 1.82) is 0 Å². The van der Waals surface area contributed by atoms with Crippen molar-refractivity contribution in [3.05, 3.63) is 41.7 Å². The third-order valence-electron chi connectivity index (χ3n) is 4.05. The number of hydrogen-bond acceptors (Lipinski definition) is 5. The van der Waals surface area contributed by atoms with Gasteiger partial charge in [-0.2, -0.15) is 0 Å². The summed E-state index contributed by atoms with van der Waals surface area (Å²) >= 11 is 3.34. The quantitative estimate of drug-likeness (QED) is 0.474. The standard InChI is InChI=1S/C17H22ClN3O4S/c1-3-14(5-4-6-16(22)25-2)20-12-11-19-17(20)21(26(23)24)15-9-7-13(18)8-10-15/h7-12,14H,3-6H2,1-2H3,(H,23,24)/p-1. The van der Waals surface area contributed by atoms with Crippen LogP contribution in [0.2, 0.25) is 5.02 Å². The number of imidazole rings is 1. The molecule has 9 heteroatoms. The topological polar surface area (TPSA) is 87.5 Å². The number of carbonyl (C=O) groups is 1. The minimum atomic E-state index is -2.55. The molecule has 0 saturated carbocycles. The molecule has 0 aliphatic rings. The van der Waals surface area contributed by atoms with Crippen molar-refractivity contribution < 1.29 is 18.3 Å². The number of halogens is 1. The maximum absolute atomic E-state index is 11.9. The maximum Gasteiger partial charge on any atom is 0.305 e. The number of hydrogen-bond donors (Lipinski definition) is 0. The molecule has 0 N–H and O–H groups in total. The normalized spacial score (nSPS) is 13.2. The Kier molecular flexibility index (Phi) is 7.62. The fourth-order valence-electron chi connectivity index (χ4n) is 2.72. The van der Waals surface area contributed by atoms with Crippen molar-refractivity contribution in [2.45, 2.75) is 38.6 Å². The summed E-state index contributed by atoms with van der Waals surface area (Å²) in [5.74, 6) is 0.0414. The summed E-state index contributed by atoms with van der Waals surface area (Å²) in [6, 6.07) is 6.50. The number of nitrogens with zero attached hydrogens (tertiary/aromatic N) is 3. The Morgan fingerprint density at radius 1 is 1.42 bits per heavy atom. The minimum Gasteiger partial charge on any atom is -0.755 e. The predicted molar refractivity (Wildman–Crippen MR) is 99.9 cm³/mol. The third-order valence-corrected chi connectivity index (χ3v) is 4.97. The Labute approximate surface area is 160 Å². The predicted octanol–water partition coefficient (Wildman–Crippen LogP) is 3.76. The SMILES string of the molecule is CCC(CCCC(=O)OC)n1ccnc1N(c1ccc(Cl)cc1)S(=O)[O-]. The molecule has 7 nitrogen and oxygen atoms in total. The molecule has 2 atom stereocenters. The molecule has 0 fully saturated rings. The smallest absolute Gasteiger partial charge is 0.305 e. The van der Waals surface area contributed by atoms with Crippen LogP contribution in [0.4, 0.5) is 11.6 Å². The van der Waals surface area contributed by atoms with Gasteiger partial charge in [0.1, 0.15) is 0 Å². The monoisotopic (exact) mass is 398 g/mol. The molecule has 0 saturated heterocycles. The van der Waals surface area contributed by atoms with E-state index in [0.717, 1.165) is 10.7 Å². The molecule has 0 spiro atoms. The van der Waals surface area contributed by atoms with E-state index in [1.165, 1.54) is 7.11 Å². The van der Waals surface area contributed by atoms with Gasteiger partial charge in [0.05, 0.1) is 24.1 Å². The molecular formula is C17H21ClN3O4S-. The van der Waals surface area contributed by atoms with E-state index in [1.807, 2.05) is 11.5 Å². The number of ether oxygens (including phenoxy) is 1. The second-order valence-corrected chi connectivity index (χ2v) is 6.89. The van der Waals surface area contributed by atoms with Gasteiger partial charge in [-0.3, -0.25) is 9.00 Å². The second kappa shape index (κ2) is 9.70. The van der Waals surface area contributed by atoms with Gasteiger partial charge in [0.2, 0.25) is 5.95 Å². The Hall–Kier alpha value is -1.90. The zero-order chi connectivity index (χ0) is 19.1. The highest BCUT2D eigenvalue weighted by atomic mass is 35.5. The molecule has 0 bridgehead atoms. The van der Waals surface area contributed by atoms with E-state index in [1.54, 1.807) is 36.7 Å². The number of aromatic nitrogens is 2. The molecule has 1 aromatic carbocycles. The summed E-state index contributed by atoms with van der Waals surface area (Å²) in [6.45, 7) is 2.01. The van der Waals surface area contributed by atoms with Crippen LogP contribution in [-0.2, 0) is 20.8 Å². The Balaban J connectivity index is 2.26. The van der Waals surface area contributed by atoms with Gasteiger partial charge in [-0.05, 0) is 43.5 Å². The zero-order valence-electron chi connectivity index (χ0n) is 14.6. The van der Waals surface area contributed by atoms with Crippen molar-refractivity contribution in [2.75, 3.05) is 11.4 Å². The Morgan fingerprint density at radius 3 is 2.69 bits per heavy atom. The van der Waals surface area contributed by atoms with E-state index in [9.17, 15) is 13.6 Å². The lowest BCUT2D eigenvalue weighted by Crippen LogP contribution is -2.24. The van der Waals surface area contributed by atoms with Crippen LogP contribution >= 0.6 is 11.6 Å². The van der Waals surface area contributed by atoms with Gasteiger partial charge in [0.15, 0.2) is 0 Å². The van der Waals surface area contributed by atoms with E-state index in [0.29, 0.717) is 35.9 Å². The van der Waals surface area contributed by atoms with Gasteiger partial charge in [-0.15, -0.1) is 0 Å². The number of rotatable bonds is 9. The lowest BCUT2D eigenvalue weighted by atomic mass is 10.1. The molecule has 26 heavy (non-hydrogen) atoms. The van der Waals surface area contributed by atoms with Crippen LogP contribution in [0.3, 0.4) is 0 Å². The van der Waals surface area contributed by atoms with Gasteiger partial charge >= 0.3 is 5.97 Å². The molecule has 0 aliphatic carbocycles. The lowest BCUT2D eigenvalue weighted by Gasteiger charge is -2.28. The van der Waals surface area contributed by atoms with Crippen LogP contribution in [-0.4, -0.2) is 31.4 Å². The summed E-state index contributed by atoms with van der Waals surface area (Å²) in [6.07, 6.45) is 5.75. The number of methoxy groups -OCH3 is 1. The van der Waals surface area contributed by atoms with Crippen molar-refractivity contribution in [3.8, 4) is 0 Å². The van der Waals surface area contributed by atoms with Crippen molar-refractivity contribution in [3.63, 3.8) is 0 Å². The fraction of sp³-hybridized carbons (Fsp3) is 0.412. The van der Waals surface area contributed by atoms with Gasteiger partial charge in [-0.25, -0.2) is 9.29 Å². The maximum atomic E-state index is 11.9. The average Bonchev–Trinajstić information content (AvgIpc) is 3.09. The minimum absolute atomic E-state index is 0.00973. The average molecular weight is 399 g/mol. The zero-order valence-corrected chi connectivity index (χ0v) is 16.2. The third kappa shape index (κ3) is 5.06. The van der Waals surface area contributed by atoms with Crippen LogP contribution < -0.4 is 4.31 Å². The van der Waals surface area contributed by atoms with Crippen molar-refractivity contribution in [1.82, 2.24) is 9.55 Å². The van der Waals surface area contributed by atoms with Crippen molar-refractivity contribution in [2.24, 2.45) is 0 Å². The van der Waals surface area contributed by atoms with Gasteiger partial charge in [-0.1, -0.05) is 18.5 Å². The number of anilines is 2. The molecule has 142 valence electrons. The van der Waals surface area contributed by atoms with Crippen LogP contribution in [0.15, 0.2) is 36.7 Å². The summed E-state index contributed by atoms with van der Waals surface area (Å²) in [5.41, 5.74) is 0.444. The first-order valence-electron chi connectivity index (χ1n) is 8.22. The molecule has 1 aromatic heterocycles. The summed E-state index contributed by atoms with van der Waals surface area (Å²) in [4.78, 5) is 15.5. The summed E-state index contributed by atoms with van der Waals surface area (Å²) in [7, 11) is 1.36. The summed E-state index contributed by atoms with van der Waals surface area (Å²) < 4.78 is 31.3. The van der Waals surface area contributed by atoms with E-state index < -0.39 is 11.3 Å². The highest BCUT2D eigenvalue weighted by molar-refractivity contribution is 7.81. The molecular weight excluding hydrogens is 378 g/mol. The largest absolute Gasteiger partial charge is 0.755 e. The lowest BCUT2D eigenvalue weighted by molar-refractivity contribution is -0.140.